The Morgan fingerprint density at radius 1 is 1.67 bits per heavy atom. The first-order chi connectivity index (χ1) is 7.13. The van der Waals surface area contributed by atoms with Gasteiger partial charge in [0.1, 0.15) is 0 Å². The van der Waals surface area contributed by atoms with Crippen LogP contribution in [0.1, 0.15) is 13.8 Å². The third-order valence-electron chi connectivity index (χ3n) is 2.30. The molecule has 0 aliphatic carbocycles. The molecule has 1 rings (SSSR count). The predicted molar refractivity (Wildman–Crippen MR) is 57.6 cm³/mol. The number of morpholine rings is 1. The lowest BCUT2D eigenvalue weighted by Crippen LogP contribution is -2.42. The Morgan fingerprint density at radius 2 is 2.40 bits per heavy atom. The van der Waals surface area contributed by atoms with Gasteiger partial charge in [-0.15, -0.1) is 0 Å². The van der Waals surface area contributed by atoms with Crippen LogP contribution in [-0.4, -0.2) is 49.8 Å². The van der Waals surface area contributed by atoms with Crippen LogP contribution in [0.5, 0.6) is 0 Å². The van der Waals surface area contributed by atoms with Gasteiger partial charge in [0, 0.05) is 25.2 Å². The minimum Gasteiger partial charge on any atom is -0.463 e. The van der Waals surface area contributed by atoms with Crippen LogP contribution < -0.4 is 0 Å². The van der Waals surface area contributed by atoms with E-state index < -0.39 is 0 Å². The van der Waals surface area contributed by atoms with E-state index in [9.17, 15) is 4.79 Å². The molecule has 1 fully saturated rings. The van der Waals surface area contributed by atoms with Crippen molar-refractivity contribution in [2.75, 3.05) is 32.8 Å². The molecule has 1 aliphatic rings. The number of rotatable bonds is 4. The Hall–Kier alpha value is -0.870. The minimum atomic E-state index is -0.295. The van der Waals surface area contributed by atoms with Crippen molar-refractivity contribution in [2.45, 2.75) is 20.0 Å². The highest BCUT2D eigenvalue weighted by atomic mass is 16.5. The maximum atomic E-state index is 11.3. The fourth-order valence-corrected chi connectivity index (χ4v) is 1.60. The highest BCUT2D eigenvalue weighted by molar-refractivity contribution is 5.88. The first-order valence-corrected chi connectivity index (χ1v) is 5.32. The minimum absolute atomic E-state index is 0.230. The van der Waals surface area contributed by atoms with E-state index in [0.717, 1.165) is 19.7 Å². The van der Waals surface area contributed by atoms with Crippen molar-refractivity contribution < 1.29 is 14.3 Å². The van der Waals surface area contributed by atoms with Gasteiger partial charge in [0.25, 0.3) is 0 Å². The molecule has 0 spiro atoms. The monoisotopic (exact) mass is 213 g/mol. The van der Waals surface area contributed by atoms with Gasteiger partial charge in [0.2, 0.25) is 0 Å². The summed E-state index contributed by atoms with van der Waals surface area (Å²) in [7, 11) is 0. The predicted octanol–water partition coefficient (Wildman–Crippen LogP) is 0.826. The van der Waals surface area contributed by atoms with Crippen molar-refractivity contribution in [3.05, 3.63) is 12.2 Å². The van der Waals surface area contributed by atoms with E-state index in [1.807, 2.05) is 6.92 Å². The summed E-state index contributed by atoms with van der Waals surface area (Å²) in [6.45, 7) is 10.9. The molecule has 1 aliphatic heterocycles. The van der Waals surface area contributed by atoms with E-state index in [2.05, 4.69) is 11.5 Å². The normalized spacial score (nSPS) is 22.4. The average molecular weight is 213 g/mol. The van der Waals surface area contributed by atoms with Crippen molar-refractivity contribution in [1.29, 1.82) is 0 Å². The molecule has 1 saturated heterocycles. The highest BCUT2D eigenvalue weighted by Gasteiger charge is 2.19. The van der Waals surface area contributed by atoms with Crippen LogP contribution in [0.25, 0.3) is 0 Å². The summed E-state index contributed by atoms with van der Waals surface area (Å²) >= 11 is 0. The maximum absolute atomic E-state index is 11.3. The molecule has 1 heterocycles. The van der Waals surface area contributed by atoms with Gasteiger partial charge in [0.15, 0.2) is 0 Å². The summed E-state index contributed by atoms with van der Waals surface area (Å²) in [5, 5.41) is 0. The number of ether oxygens (including phenoxy) is 2. The summed E-state index contributed by atoms with van der Waals surface area (Å²) in [6, 6.07) is 0. The average Bonchev–Trinajstić information content (AvgIpc) is 2.18. The Morgan fingerprint density at radius 3 is 3.00 bits per heavy atom. The first kappa shape index (κ1) is 12.2. The number of hydrogen-bond donors (Lipinski definition) is 0. The molecule has 0 aromatic rings. The topological polar surface area (TPSA) is 38.8 Å². The van der Waals surface area contributed by atoms with Crippen LogP contribution in [0.4, 0.5) is 0 Å². The first-order valence-electron chi connectivity index (χ1n) is 5.32. The molecule has 1 atom stereocenters. The van der Waals surface area contributed by atoms with Gasteiger partial charge in [-0.25, -0.2) is 4.79 Å². The van der Waals surface area contributed by atoms with Gasteiger partial charge in [-0.2, -0.15) is 0 Å². The molecule has 86 valence electrons. The number of esters is 1. The van der Waals surface area contributed by atoms with Gasteiger partial charge < -0.3 is 9.47 Å². The second-order valence-electron chi connectivity index (χ2n) is 3.74. The van der Waals surface area contributed by atoms with Gasteiger partial charge in [0.05, 0.1) is 19.3 Å². The van der Waals surface area contributed by atoms with Crippen LogP contribution in [0.15, 0.2) is 12.2 Å². The van der Waals surface area contributed by atoms with Crippen LogP contribution in [0, 0.1) is 0 Å². The van der Waals surface area contributed by atoms with Crippen molar-refractivity contribution in [3.8, 4) is 0 Å². The maximum Gasteiger partial charge on any atom is 0.334 e. The molecule has 4 heteroatoms. The van der Waals surface area contributed by atoms with Crippen LogP contribution >= 0.6 is 0 Å². The molecule has 0 aromatic heterocycles. The molecule has 0 N–H and O–H groups in total. The largest absolute Gasteiger partial charge is 0.463 e. The molecule has 4 nitrogen and oxygen atoms in total. The number of carbonyl (C=O) groups is 1. The molecule has 0 radical (unpaired) electrons. The van der Waals surface area contributed by atoms with Gasteiger partial charge in [-0.1, -0.05) is 6.58 Å². The van der Waals surface area contributed by atoms with E-state index in [0.29, 0.717) is 18.7 Å². The summed E-state index contributed by atoms with van der Waals surface area (Å²) in [6.07, 6.45) is 0.230. The number of carbonyl (C=O) groups excluding carboxylic acids is 1. The summed E-state index contributed by atoms with van der Waals surface area (Å²) in [4.78, 5) is 13.5. The summed E-state index contributed by atoms with van der Waals surface area (Å²) in [5.74, 6) is -0.295. The molecule has 15 heavy (non-hydrogen) atoms. The quantitative estimate of drug-likeness (QED) is 0.512. The van der Waals surface area contributed by atoms with E-state index in [1.54, 1.807) is 6.92 Å². The molecule has 0 bridgehead atoms. The zero-order valence-corrected chi connectivity index (χ0v) is 9.49. The fraction of sp³-hybridized carbons (Fsp3) is 0.727. The lowest BCUT2D eigenvalue weighted by Gasteiger charge is -2.31. The van der Waals surface area contributed by atoms with E-state index in [-0.39, 0.29) is 12.1 Å². The molecular formula is C11H19NO3. The molecule has 0 aromatic carbocycles. The van der Waals surface area contributed by atoms with Crippen LogP contribution in [0.2, 0.25) is 0 Å². The van der Waals surface area contributed by atoms with E-state index in [4.69, 9.17) is 9.47 Å². The summed E-state index contributed by atoms with van der Waals surface area (Å²) in [5.41, 5.74) is 0.519. The van der Waals surface area contributed by atoms with Gasteiger partial charge in [-0.05, 0) is 13.8 Å². The number of nitrogens with zero attached hydrogens (tertiary/aromatic N) is 1. The Labute approximate surface area is 90.8 Å². The van der Waals surface area contributed by atoms with Crippen molar-refractivity contribution in [2.24, 2.45) is 0 Å². The van der Waals surface area contributed by atoms with Gasteiger partial charge >= 0.3 is 5.97 Å². The zero-order chi connectivity index (χ0) is 11.3. The standard InChI is InChI=1S/C11H19NO3/c1-4-14-11(13)9(2)7-12-5-6-15-10(3)8-12/h10H,2,4-8H2,1,3H3. The van der Waals surface area contributed by atoms with Crippen LogP contribution in [0.3, 0.4) is 0 Å². The smallest absolute Gasteiger partial charge is 0.334 e. The Kier molecular flexibility index (Phi) is 4.78. The molecular weight excluding hydrogens is 194 g/mol. The Bertz CT molecular complexity index is 240. The third kappa shape index (κ3) is 4.01. The van der Waals surface area contributed by atoms with Crippen molar-refractivity contribution in [3.63, 3.8) is 0 Å². The molecule has 0 amide bonds. The van der Waals surface area contributed by atoms with Crippen molar-refractivity contribution >= 4 is 5.97 Å². The second kappa shape index (κ2) is 5.88. The molecule has 0 saturated carbocycles. The fourth-order valence-electron chi connectivity index (χ4n) is 1.60. The lowest BCUT2D eigenvalue weighted by atomic mass is 10.2. The number of hydrogen-bond acceptors (Lipinski definition) is 4. The third-order valence-corrected chi connectivity index (χ3v) is 2.30. The highest BCUT2D eigenvalue weighted by Crippen LogP contribution is 2.07. The lowest BCUT2D eigenvalue weighted by molar-refractivity contribution is -0.139. The summed E-state index contributed by atoms with van der Waals surface area (Å²) < 4.78 is 10.3. The zero-order valence-electron chi connectivity index (χ0n) is 9.49. The second-order valence-corrected chi connectivity index (χ2v) is 3.74. The molecule has 1 unspecified atom stereocenters. The Balaban J connectivity index is 2.33. The van der Waals surface area contributed by atoms with E-state index >= 15 is 0 Å². The van der Waals surface area contributed by atoms with E-state index in [1.165, 1.54) is 0 Å². The SMILES string of the molecule is C=C(CN1CCOC(C)C1)C(=O)OCC. The van der Waals surface area contributed by atoms with Crippen LogP contribution in [-0.2, 0) is 14.3 Å². The van der Waals surface area contributed by atoms with Crippen molar-refractivity contribution in [1.82, 2.24) is 4.90 Å². The van der Waals surface area contributed by atoms with Gasteiger partial charge in [-0.3, -0.25) is 4.90 Å².